The van der Waals surface area contributed by atoms with Crippen LogP contribution in [0.3, 0.4) is 0 Å². The average Bonchev–Trinajstić information content (AvgIpc) is 3.27. The predicted octanol–water partition coefficient (Wildman–Crippen LogP) is 3.37. The Morgan fingerprint density at radius 1 is 1.25 bits per heavy atom. The minimum Gasteiger partial charge on any atom is -0.338 e. The van der Waals surface area contributed by atoms with Crippen LogP contribution in [0.4, 0.5) is 5.82 Å². The van der Waals surface area contributed by atoms with Crippen molar-refractivity contribution < 1.29 is 9.59 Å². The monoisotopic (exact) mass is 341 g/mol. The van der Waals surface area contributed by atoms with Crippen LogP contribution in [0.25, 0.3) is 0 Å². The van der Waals surface area contributed by atoms with Gasteiger partial charge in [-0.25, -0.2) is 4.98 Å². The van der Waals surface area contributed by atoms with Crippen molar-refractivity contribution in [1.82, 2.24) is 9.55 Å². The van der Waals surface area contributed by atoms with Crippen molar-refractivity contribution in [3.8, 4) is 0 Å². The molecule has 2 aliphatic carbocycles. The van der Waals surface area contributed by atoms with Crippen LogP contribution in [0.15, 0.2) is 18.3 Å². The number of hydrogen-bond donors (Lipinski definition) is 0. The largest absolute Gasteiger partial charge is 0.338 e. The van der Waals surface area contributed by atoms with Crippen molar-refractivity contribution in [2.24, 2.45) is 0 Å². The second-order valence-corrected chi connectivity index (χ2v) is 7.24. The second kappa shape index (κ2) is 4.93. The molecule has 2 atom stereocenters. The zero-order chi connectivity index (χ0) is 16.4. The summed E-state index contributed by atoms with van der Waals surface area (Å²) in [6, 6.07) is 3.64. The lowest BCUT2D eigenvalue weighted by atomic mass is 9.98. The molecule has 5 nitrogen and oxygen atoms in total. The molecule has 3 aliphatic rings. The molecule has 2 aromatic heterocycles. The molecule has 1 saturated carbocycles. The Hall–Kier alpha value is -2.14. The summed E-state index contributed by atoms with van der Waals surface area (Å²) in [5.41, 5.74) is 3.75. The van der Waals surface area contributed by atoms with E-state index in [1.165, 1.54) is 36.7 Å². The van der Waals surface area contributed by atoms with E-state index in [0.29, 0.717) is 35.5 Å². The van der Waals surface area contributed by atoms with Gasteiger partial charge < -0.3 is 4.57 Å². The Bertz CT molecular complexity index is 889. The van der Waals surface area contributed by atoms with Crippen LogP contribution in [0.2, 0.25) is 5.02 Å². The molecule has 0 radical (unpaired) electrons. The van der Waals surface area contributed by atoms with Crippen LogP contribution < -0.4 is 4.90 Å². The number of aldehydes is 1. The van der Waals surface area contributed by atoms with Gasteiger partial charge in [-0.2, -0.15) is 0 Å². The van der Waals surface area contributed by atoms with E-state index < -0.39 is 0 Å². The highest BCUT2D eigenvalue weighted by molar-refractivity contribution is 6.33. The quantitative estimate of drug-likeness (QED) is 0.787. The van der Waals surface area contributed by atoms with Crippen LogP contribution in [0, 0.1) is 0 Å². The van der Waals surface area contributed by atoms with Crippen molar-refractivity contribution >= 4 is 29.6 Å². The van der Waals surface area contributed by atoms with Crippen molar-refractivity contribution in [3.63, 3.8) is 0 Å². The molecular weight excluding hydrogens is 326 g/mol. The zero-order valence-corrected chi connectivity index (χ0v) is 13.8. The van der Waals surface area contributed by atoms with Crippen molar-refractivity contribution in [2.45, 2.75) is 37.6 Å². The fraction of sp³-hybridized carbons (Fsp3) is 0.389. The highest BCUT2D eigenvalue weighted by Crippen LogP contribution is 2.54. The maximum absolute atomic E-state index is 13.0. The number of aromatic nitrogens is 2. The number of nitrogens with zero attached hydrogens (tertiary/aromatic N) is 3. The van der Waals surface area contributed by atoms with Gasteiger partial charge in [-0.3, -0.25) is 14.5 Å². The Labute approximate surface area is 144 Å². The maximum atomic E-state index is 13.0. The summed E-state index contributed by atoms with van der Waals surface area (Å²) in [5.74, 6) is 1.51. The van der Waals surface area contributed by atoms with E-state index in [0.717, 1.165) is 12.2 Å². The van der Waals surface area contributed by atoms with Crippen LogP contribution >= 0.6 is 11.6 Å². The Balaban J connectivity index is 1.59. The van der Waals surface area contributed by atoms with E-state index in [4.69, 9.17) is 11.6 Å². The summed E-state index contributed by atoms with van der Waals surface area (Å²) in [5, 5.41) is 0.323. The molecule has 2 unspecified atom stereocenters. The third-order valence-corrected chi connectivity index (χ3v) is 6.06. The summed E-state index contributed by atoms with van der Waals surface area (Å²) in [6.45, 7) is 1.25. The fourth-order valence-electron chi connectivity index (χ4n) is 4.70. The molecule has 122 valence electrons. The molecule has 1 amide bonds. The molecule has 3 heterocycles. The van der Waals surface area contributed by atoms with Gasteiger partial charge in [-0.15, -0.1) is 0 Å². The number of pyridine rings is 1. The molecule has 0 N–H and O–H groups in total. The molecular formula is C18H16ClN3O2. The first-order valence-electron chi connectivity index (χ1n) is 8.34. The van der Waals surface area contributed by atoms with Gasteiger partial charge in [0.2, 0.25) is 0 Å². The summed E-state index contributed by atoms with van der Waals surface area (Å²) in [4.78, 5) is 30.3. The highest BCUT2D eigenvalue weighted by atomic mass is 35.5. The zero-order valence-electron chi connectivity index (χ0n) is 13.0. The number of carbonyl (C=O) groups is 2. The predicted molar refractivity (Wildman–Crippen MR) is 90.1 cm³/mol. The standard InChI is InChI=1S/C18H16ClN3O2/c19-14-3-4-20-17(13(14)9-23)22-6-5-21-15(18(22)24)8-12-10-1-2-11(7-10)16(12)21/h3-4,8-11H,1-2,5-7H2. The van der Waals surface area contributed by atoms with E-state index in [9.17, 15) is 9.59 Å². The highest BCUT2D eigenvalue weighted by Gasteiger charge is 2.43. The molecule has 0 saturated heterocycles. The fourth-order valence-corrected chi connectivity index (χ4v) is 4.89. The van der Waals surface area contributed by atoms with Gasteiger partial charge in [0, 0.05) is 30.9 Å². The van der Waals surface area contributed by atoms with Gasteiger partial charge >= 0.3 is 0 Å². The van der Waals surface area contributed by atoms with E-state index in [2.05, 4.69) is 15.6 Å². The Kier molecular flexibility index (Phi) is 2.92. The molecule has 6 heteroatoms. The van der Waals surface area contributed by atoms with Gasteiger partial charge in [0.25, 0.3) is 5.91 Å². The Morgan fingerprint density at radius 2 is 2.08 bits per heavy atom. The van der Waals surface area contributed by atoms with E-state index >= 15 is 0 Å². The van der Waals surface area contributed by atoms with E-state index in [-0.39, 0.29) is 11.5 Å². The molecule has 2 aromatic rings. The van der Waals surface area contributed by atoms with Gasteiger partial charge in [0.05, 0.1) is 10.6 Å². The van der Waals surface area contributed by atoms with Gasteiger partial charge in [0.15, 0.2) is 6.29 Å². The number of hydrogen-bond acceptors (Lipinski definition) is 3. The maximum Gasteiger partial charge on any atom is 0.276 e. The second-order valence-electron chi connectivity index (χ2n) is 6.83. The average molecular weight is 342 g/mol. The summed E-state index contributed by atoms with van der Waals surface area (Å²) in [7, 11) is 0. The molecule has 0 aromatic carbocycles. The molecule has 1 aliphatic heterocycles. The summed E-state index contributed by atoms with van der Waals surface area (Å²) < 4.78 is 2.20. The third-order valence-electron chi connectivity index (χ3n) is 5.73. The topological polar surface area (TPSA) is 55.2 Å². The van der Waals surface area contributed by atoms with Gasteiger partial charge in [-0.1, -0.05) is 11.6 Å². The van der Waals surface area contributed by atoms with Crippen LogP contribution in [-0.2, 0) is 6.54 Å². The summed E-state index contributed by atoms with van der Waals surface area (Å²) >= 11 is 6.09. The first-order valence-corrected chi connectivity index (χ1v) is 8.71. The van der Waals surface area contributed by atoms with Crippen LogP contribution in [0.5, 0.6) is 0 Å². The van der Waals surface area contributed by atoms with Gasteiger partial charge in [-0.05, 0) is 42.9 Å². The molecule has 0 spiro atoms. The minimum absolute atomic E-state index is 0.0899. The Morgan fingerprint density at radius 3 is 2.92 bits per heavy atom. The number of rotatable bonds is 2. The summed E-state index contributed by atoms with van der Waals surface area (Å²) in [6.07, 6.45) is 5.93. The van der Waals surface area contributed by atoms with E-state index in [1.807, 2.05) is 0 Å². The molecule has 1 fully saturated rings. The lowest BCUT2D eigenvalue weighted by Crippen LogP contribution is -2.41. The number of anilines is 1. The normalized spacial score (nSPS) is 24.2. The van der Waals surface area contributed by atoms with Crippen molar-refractivity contribution in [2.75, 3.05) is 11.4 Å². The number of carbonyl (C=O) groups excluding carboxylic acids is 2. The molecule has 24 heavy (non-hydrogen) atoms. The van der Waals surface area contributed by atoms with Crippen molar-refractivity contribution in [3.05, 3.63) is 45.9 Å². The lowest BCUT2D eigenvalue weighted by molar-refractivity contribution is 0.0963. The van der Waals surface area contributed by atoms with Gasteiger partial charge in [0.1, 0.15) is 11.5 Å². The number of amides is 1. The first kappa shape index (κ1) is 14.2. The van der Waals surface area contributed by atoms with Crippen LogP contribution in [0.1, 0.15) is 63.2 Å². The lowest BCUT2D eigenvalue weighted by Gasteiger charge is -2.30. The smallest absolute Gasteiger partial charge is 0.276 e. The SMILES string of the molecule is O=Cc1c(Cl)ccnc1N1CCn2c(cc3c2C2CCC3C2)C1=O. The van der Waals surface area contributed by atoms with Crippen molar-refractivity contribution in [1.29, 1.82) is 0 Å². The van der Waals surface area contributed by atoms with E-state index in [1.54, 1.807) is 11.0 Å². The first-order chi connectivity index (χ1) is 11.7. The molecule has 2 bridgehead atoms. The number of halogens is 1. The third kappa shape index (κ3) is 1.73. The molecule has 5 rings (SSSR count). The van der Waals surface area contributed by atoms with Crippen LogP contribution in [-0.4, -0.2) is 28.3 Å². The minimum atomic E-state index is -0.0899. The number of fused-ring (bicyclic) bond motifs is 7.